The molecule has 1 fully saturated rings. The summed E-state index contributed by atoms with van der Waals surface area (Å²) in [4.78, 5) is 30.9. The van der Waals surface area contributed by atoms with E-state index in [9.17, 15) is 14.7 Å². The lowest BCUT2D eigenvalue weighted by Gasteiger charge is -2.33. The average molecular weight is 477 g/mol. The van der Waals surface area contributed by atoms with E-state index in [1.165, 1.54) is 4.57 Å². The Morgan fingerprint density at radius 1 is 1.18 bits per heavy atom. The van der Waals surface area contributed by atoms with Crippen LogP contribution in [0.2, 0.25) is 5.02 Å². The molecule has 178 valence electrons. The first-order valence-electron chi connectivity index (χ1n) is 11.5. The molecule has 33 heavy (non-hydrogen) atoms. The van der Waals surface area contributed by atoms with Crippen molar-refractivity contribution in [3.05, 3.63) is 61.5 Å². The predicted octanol–water partition coefficient (Wildman–Crippen LogP) is 3.75. The van der Waals surface area contributed by atoms with Crippen molar-refractivity contribution in [2.24, 2.45) is 13.0 Å². The number of benzene rings is 1. The highest BCUT2D eigenvalue weighted by Gasteiger charge is 2.41. The van der Waals surface area contributed by atoms with Crippen molar-refractivity contribution in [1.82, 2.24) is 18.7 Å². The average Bonchev–Trinajstić information content (AvgIpc) is 3.20. The molecule has 0 saturated heterocycles. The van der Waals surface area contributed by atoms with Crippen molar-refractivity contribution in [3.63, 3.8) is 0 Å². The summed E-state index contributed by atoms with van der Waals surface area (Å²) < 4.78 is 20.5. The number of aromatic nitrogens is 4. The maximum Gasteiger partial charge on any atom is 0.332 e. The van der Waals surface area contributed by atoms with Gasteiger partial charge >= 0.3 is 5.69 Å². The first-order chi connectivity index (χ1) is 15.8. The van der Waals surface area contributed by atoms with Crippen molar-refractivity contribution in [2.45, 2.75) is 64.2 Å². The second kappa shape index (κ2) is 9.43. The number of aliphatic hydroxyl groups excluding tert-OH is 1. The van der Waals surface area contributed by atoms with Gasteiger partial charge in [-0.15, -0.1) is 0 Å². The summed E-state index contributed by atoms with van der Waals surface area (Å²) in [6, 6.07) is 7.18. The van der Waals surface area contributed by atoms with Gasteiger partial charge in [-0.3, -0.25) is 13.9 Å². The fourth-order valence-electron chi connectivity index (χ4n) is 4.83. The molecule has 9 heteroatoms. The van der Waals surface area contributed by atoms with E-state index in [1.54, 1.807) is 23.7 Å². The molecule has 0 atom stereocenters. The topological polar surface area (TPSA) is 82.1 Å². The monoisotopic (exact) mass is 476 g/mol. The Kier molecular flexibility index (Phi) is 6.77. The maximum absolute atomic E-state index is 16.4. The highest BCUT2D eigenvalue weighted by Crippen LogP contribution is 2.44. The van der Waals surface area contributed by atoms with Crippen molar-refractivity contribution in [3.8, 4) is 0 Å². The minimum Gasteiger partial charge on any atom is -0.396 e. The molecule has 0 bridgehead atoms. The van der Waals surface area contributed by atoms with Crippen LogP contribution in [0, 0.1) is 5.92 Å². The van der Waals surface area contributed by atoms with Gasteiger partial charge in [-0.2, -0.15) is 0 Å². The number of aliphatic hydroxyl groups is 1. The minimum absolute atomic E-state index is 0.0817. The highest BCUT2D eigenvalue weighted by molar-refractivity contribution is 6.30. The number of hydrogen-bond donors (Lipinski definition) is 1. The number of imidazole rings is 1. The third kappa shape index (κ3) is 4.38. The van der Waals surface area contributed by atoms with Crippen LogP contribution in [0.25, 0.3) is 11.2 Å². The molecule has 1 N–H and O–H groups in total. The first-order valence-corrected chi connectivity index (χ1v) is 11.9. The van der Waals surface area contributed by atoms with Gasteiger partial charge in [-0.05, 0) is 55.7 Å². The zero-order chi connectivity index (χ0) is 23.8. The van der Waals surface area contributed by atoms with Crippen LogP contribution >= 0.6 is 11.6 Å². The third-order valence-electron chi connectivity index (χ3n) is 6.90. The summed E-state index contributed by atoms with van der Waals surface area (Å²) in [6.07, 6.45) is 3.48. The summed E-state index contributed by atoms with van der Waals surface area (Å²) in [5.41, 5.74) is -1.47. The van der Waals surface area contributed by atoms with Gasteiger partial charge in [-0.1, -0.05) is 37.1 Å². The van der Waals surface area contributed by atoms with Gasteiger partial charge in [-0.25, -0.2) is 14.2 Å². The lowest BCUT2D eigenvalue weighted by molar-refractivity contribution is 0.0684. The van der Waals surface area contributed by atoms with E-state index in [-0.39, 0.29) is 43.1 Å². The van der Waals surface area contributed by atoms with E-state index in [2.05, 4.69) is 11.9 Å². The number of halogens is 2. The zero-order valence-electron chi connectivity index (χ0n) is 19.1. The third-order valence-corrected chi connectivity index (χ3v) is 7.15. The van der Waals surface area contributed by atoms with E-state index >= 15 is 4.39 Å². The fourth-order valence-corrected chi connectivity index (χ4v) is 4.96. The van der Waals surface area contributed by atoms with Crippen molar-refractivity contribution < 1.29 is 9.50 Å². The molecule has 3 aromatic rings. The molecule has 4 rings (SSSR count). The fraction of sp³-hybridized carbons (Fsp3) is 0.542. The Morgan fingerprint density at radius 3 is 2.45 bits per heavy atom. The van der Waals surface area contributed by atoms with Crippen LogP contribution in [0.5, 0.6) is 0 Å². The van der Waals surface area contributed by atoms with E-state index in [0.717, 1.165) is 29.4 Å². The van der Waals surface area contributed by atoms with Gasteiger partial charge < -0.3 is 9.67 Å². The summed E-state index contributed by atoms with van der Waals surface area (Å²) >= 11 is 6.03. The summed E-state index contributed by atoms with van der Waals surface area (Å²) in [5.74, 6) is 0.692. The molecule has 1 aromatic carbocycles. The maximum atomic E-state index is 16.4. The van der Waals surface area contributed by atoms with Gasteiger partial charge in [0.2, 0.25) is 0 Å². The van der Waals surface area contributed by atoms with Crippen LogP contribution < -0.4 is 11.2 Å². The number of alkyl halides is 1. The Labute approximate surface area is 196 Å². The van der Waals surface area contributed by atoms with E-state index in [4.69, 9.17) is 11.6 Å². The second-order valence-electron chi connectivity index (χ2n) is 9.01. The van der Waals surface area contributed by atoms with Gasteiger partial charge in [0.1, 0.15) is 5.82 Å². The number of nitrogens with zero attached hydrogens (tertiary/aromatic N) is 4. The first kappa shape index (κ1) is 23.7. The molecule has 0 amide bonds. The lowest BCUT2D eigenvalue weighted by atomic mass is 9.78. The van der Waals surface area contributed by atoms with Gasteiger partial charge in [0.25, 0.3) is 5.56 Å². The zero-order valence-corrected chi connectivity index (χ0v) is 19.8. The molecule has 0 spiro atoms. The standard InChI is InChI=1S/C24H30ClFN4O3/c1-3-16-9-11-24(26,12-10-16)22-27-20-19(30(22)15-17-5-7-18(25)8-6-17)21(32)29(13-4-14-31)23(33)28(20)2/h5-8,16,31H,3-4,9-15H2,1-2H3. The van der Waals surface area contributed by atoms with Crippen LogP contribution in [-0.2, 0) is 25.8 Å². The number of rotatable bonds is 7. The molecule has 1 aliphatic carbocycles. The van der Waals surface area contributed by atoms with Crippen LogP contribution in [0.4, 0.5) is 4.39 Å². The molecule has 0 unspecified atom stereocenters. The SMILES string of the molecule is CCC1CCC(F)(c2nc3c(c(=O)n(CCCO)c(=O)n3C)n2Cc2ccc(Cl)cc2)CC1. The summed E-state index contributed by atoms with van der Waals surface area (Å²) in [6.45, 7) is 2.29. The smallest absolute Gasteiger partial charge is 0.332 e. The van der Waals surface area contributed by atoms with Crippen LogP contribution in [0.3, 0.4) is 0 Å². The molecule has 2 aromatic heterocycles. The van der Waals surface area contributed by atoms with E-state index in [0.29, 0.717) is 23.8 Å². The van der Waals surface area contributed by atoms with Crippen LogP contribution in [0.1, 0.15) is 56.8 Å². The summed E-state index contributed by atoms with van der Waals surface area (Å²) in [5, 5.41) is 9.80. The second-order valence-corrected chi connectivity index (χ2v) is 9.45. The highest BCUT2D eigenvalue weighted by atomic mass is 35.5. The normalized spacial score (nSPS) is 21.1. The van der Waals surface area contributed by atoms with Crippen molar-refractivity contribution in [1.29, 1.82) is 0 Å². The van der Waals surface area contributed by atoms with Crippen LogP contribution in [-0.4, -0.2) is 30.4 Å². The van der Waals surface area contributed by atoms with Crippen molar-refractivity contribution >= 4 is 22.8 Å². The molecule has 1 aliphatic rings. The molecular weight excluding hydrogens is 447 g/mol. The lowest BCUT2D eigenvalue weighted by Crippen LogP contribution is -2.40. The number of hydrogen-bond acceptors (Lipinski definition) is 4. The Hall–Kier alpha value is -2.45. The molecule has 1 saturated carbocycles. The Bertz CT molecular complexity index is 1250. The number of fused-ring (bicyclic) bond motifs is 1. The van der Waals surface area contributed by atoms with Gasteiger partial charge in [0, 0.05) is 31.8 Å². The molecule has 2 heterocycles. The van der Waals surface area contributed by atoms with Gasteiger partial charge in [0.05, 0.1) is 0 Å². The molecular formula is C24H30ClFN4O3. The number of aryl methyl sites for hydroxylation is 1. The van der Waals surface area contributed by atoms with E-state index in [1.807, 2.05) is 12.1 Å². The predicted molar refractivity (Wildman–Crippen MR) is 127 cm³/mol. The van der Waals surface area contributed by atoms with E-state index < -0.39 is 16.9 Å². The van der Waals surface area contributed by atoms with Crippen molar-refractivity contribution in [2.75, 3.05) is 6.61 Å². The minimum atomic E-state index is -1.67. The van der Waals surface area contributed by atoms with Gasteiger partial charge in [0.15, 0.2) is 16.8 Å². The van der Waals surface area contributed by atoms with Crippen LogP contribution in [0.15, 0.2) is 33.9 Å². The molecule has 7 nitrogen and oxygen atoms in total. The summed E-state index contributed by atoms with van der Waals surface area (Å²) in [7, 11) is 1.54. The Morgan fingerprint density at radius 2 is 1.85 bits per heavy atom. The molecule has 0 radical (unpaired) electrons. The molecule has 0 aliphatic heterocycles. The Balaban J connectivity index is 1.93. The largest absolute Gasteiger partial charge is 0.396 e. The quantitative estimate of drug-likeness (QED) is 0.563.